The quantitative estimate of drug-likeness (QED) is 0.511. The summed E-state index contributed by atoms with van der Waals surface area (Å²) in [5.41, 5.74) is 2.90. The second-order valence-electron chi connectivity index (χ2n) is 4.18. The molecule has 0 saturated heterocycles. The molecule has 0 saturated carbocycles. The van der Waals surface area contributed by atoms with Gasteiger partial charge in [0.05, 0.1) is 0 Å². The van der Waals surface area contributed by atoms with Gasteiger partial charge in [-0.2, -0.15) is 0 Å². The highest BCUT2D eigenvalue weighted by Crippen LogP contribution is 2.32. The molecule has 0 aliphatic heterocycles. The van der Waals surface area contributed by atoms with Crippen molar-refractivity contribution in [1.82, 2.24) is 0 Å². The monoisotopic (exact) mass is 258 g/mol. The van der Waals surface area contributed by atoms with Gasteiger partial charge in [0.1, 0.15) is 0 Å². The lowest BCUT2D eigenvalue weighted by Gasteiger charge is -2.08. The molecule has 0 atom stereocenters. The Bertz CT molecular complexity index is 568. The molecular weight excluding hydrogens is 244 g/mol. The van der Waals surface area contributed by atoms with Crippen LogP contribution in [-0.4, -0.2) is 12.1 Å². The van der Waals surface area contributed by atoms with Gasteiger partial charge in [-0.05, 0) is 30.5 Å². The Morgan fingerprint density at radius 3 is 2.72 bits per heavy atom. The zero-order chi connectivity index (χ0) is 13.1. The van der Waals surface area contributed by atoms with Gasteiger partial charge in [0.25, 0.3) is 0 Å². The van der Waals surface area contributed by atoms with E-state index in [1.807, 2.05) is 37.3 Å². The Morgan fingerprint density at radius 2 is 2.06 bits per heavy atom. The molecule has 3 heteroatoms. The molecule has 0 bridgehead atoms. The zero-order valence-electron chi connectivity index (χ0n) is 10.1. The SMILES string of the molecule is CC=CC=Cc1cc2c(c(C=O)c1S)CCC2=O. The van der Waals surface area contributed by atoms with E-state index < -0.39 is 0 Å². The minimum Gasteiger partial charge on any atom is -0.298 e. The van der Waals surface area contributed by atoms with E-state index in [-0.39, 0.29) is 5.78 Å². The van der Waals surface area contributed by atoms with Crippen molar-refractivity contribution in [2.75, 3.05) is 0 Å². The van der Waals surface area contributed by atoms with E-state index in [4.69, 9.17) is 0 Å². The lowest BCUT2D eigenvalue weighted by molar-refractivity contribution is 0.0994. The first kappa shape index (κ1) is 12.8. The van der Waals surface area contributed by atoms with Gasteiger partial charge in [-0.1, -0.05) is 24.3 Å². The van der Waals surface area contributed by atoms with Crippen LogP contribution in [0.15, 0.2) is 29.2 Å². The van der Waals surface area contributed by atoms with Crippen molar-refractivity contribution in [3.05, 3.63) is 46.5 Å². The number of benzene rings is 1. The Morgan fingerprint density at radius 1 is 1.28 bits per heavy atom. The van der Waals surface area contributed by atoms with Gasteiger partial charge in [-0.25, -0.2) is 0 Å². The van der Waals surface area contributed by atoms with Crippen LogP contribution in [-0.2, 0) is 6.42 Å². The highest BCUT2D eigenvalue weighted by molar-refractivity contribution is 7.80. The van der Waals surface area contributed by atoms with Crippen molar-refractivity contribution in [2.45, 2.75) is 24.7 Å². The van der Waals surface area contributed by atoms with Gasteiger partial charge in [0.15, 0.2) is 12.1 Å². The molecule has 0 heterocycles. The summed E-state index contributed by atoms with van der Waals surface area (Å²) >= 11 is 4.40. The third kappa shape index (κ3) is 2.18. The topological polar surface area (TPSA) is 34.1 Å². The van der Waals surface area contributed by atoms with Crippen molar-refractivity contribution < 1.29 is 9.59 Å². The molecule has 92 valence electrons. The van der Waals surface area contributed by atoms with Crippen molar-refractivity contribution in [2.24, 2.45) is 0 Å². The van der Waals surface area contributed by atoms with Gasteiger partial charge >= 0.3 is 0 Å². The van der Waals surface area contributed by atoms with Gasteiger partial charge in [-0.3, -0.25) is 9.59 Å². The summed E-state index contributed by atoms with van der Waals surface area (Å²) in [7, 11) is 0. The van der Waals surface area contributed by atoms with Crippen molar-refractivity contribution in [3.63, 3.8) is 0 Å². The van der Waals surface area contributed by atoms with Crippen molar-refractivity contribution in [1.29, 1.82) is 0 Å². The van der Waals surface area contributed by atoms with E-state index >= 15 is 0 Å². The maximum Gasteiger partial charge on any atom is 0.163 e. The molecule has 0 radical (unpaired) electrons. The van der Waals surface area contributed by atoms with Crippen molar-refractivity contribution >= 4 is 30.8 Å². The molecule has 2 nitrogen and oxygen atoms in total. The largest absolute Gasteiger partial charge is 0.298 e. The zero-order valence-corrected chi connectivity index (χ0v) is 11.0. The number of ketones is 1. The summed E-state index contributed by atoms with van der Waals surface area (Å²) in [4.78, 5) is 23.6. The first-order valence-electron chi connectivity index (χ1n) is 5.85. The molecule has 1 aromatic rings. The molecule has 0 amide bonds. The first-order valence-corrected chi connectivity index (χ1v) is 6.30. The van der Waals surface area contributed by atoms with Crippen LogP contribution >= 0.6 is 12.6 Å². The molecule has 0 spiro atoms. The Kier molecular flexibility index (Phi) is 3.82. The highest BCUT2D eigenvalue weighted by Gasteiger charge is 2.24. The highest BCUT2D eigenvalue weighted by atomic mass is 32.1. The standard InChI is InChI=1S/C15H14O2S/c1-2-3-4-5-10-8-12-11(6-7-14(12)17)13(9-16)15(10)18/h2-5,8-9,18H,6-7H2,1H3. The fourth-order valence-corrected chi connectivity index (χ4v) is 2.50. The molecule has 2 rings (SSSR count). The predicted molar refractivity (Wildman–Crippen MR) is 75.6 cm³/mol. The lowest BCUT2D eigenvalue weighted by Crippen LogP contribution is -1.98. The fourth-order valence-electron chi connectivity index (χ4n) is 2.17. The smallest absolute Gasteiger partial charge is 0.163 e. The van der Waals surface area contributed by atoms with Gasteiger partial charge in [-0.15, -0.1) is 12.6 Å². The van der Waals surface area contributed by atoms with E-state index in [0.717, 1.165) is 17.4 Å². The number of rotatable bonds is 3. The maximum atomic E-state index is 11.7. The van der Waals surface area contributed by atoms with Gasteiger partial charge < -0.3 is 0 Å². The minimum atomic E-state index is 0.113. The summed E-state index contributed by atoms with van der Waals surface area (Å²) in [6.07, 6.45) is 9.47. The second-order valence-corrected chi connectivity index (χ2v) is 4.63. The number of aldehydes is 1. The number of allylic oxidation sites excluding steroid dienone is 3. The van der Waals surface area contributed by atoms with Crippen LogP contribution in [0, 0.1) is 0 Å². The Hall–Kier alpha value is -1.61. The van der Waals surface area contributed by atoms with Crippen LogP contribution in [0.25, 0.3) is 6.08 Å². The van der Waals surface area contributed by atoms with Crippen molar-refractivity contribution in [3.8, 4) is 0 Å². The number of Topliss-reactive ketones (excluding diaryl/α,β-unsaturated/α-hetero) is 1. The third-order valence-corrected chi connectivity index (χ3v) is 3.58. The molecular formula is C15H14O2S. The number of carbonyl (C=O) groups excluding carboxylic acids is 2. The Labute approximate surface area is 112 Å². The molecule has 1 aliphatic rings. The van der Waals surface area contributed by atoms with Crippen LogP contribution in [0.1, 0.15) is 45.2 Å². The van der Waals surface area contributed by atoms with E-state index in [2.05, 4.69) is 12.6 Å². The normalized spacial score (nSPS) is 14.7. The number of hydrogen-bond donors (Lipinski definition) is 1. The summed E-state index contributed by atoms with van der Waals surface area (Å²) in [5, 5.41) is 0. The average Bonchev–Trinajstić information content (AvgIpc) is 2.72. The molecule has 18 heavy (non-hydrogen) atoms. The molecule has 0 aromatic heterocycles. The number of thiol groups is 1. The van der Waals surface area contributed by atoms with E-state index in [1.165, 1.54) is 0 Å². The molecule has 0 N–H and O–H groups in total. The molecule has 1 aromatic carbocycles. The van der Waals surface area contributed by atoms with Crippen LogP contribution in [0.3, 0.4) is 0 Å². The van der Waals surface area contributed by atoms with Crippen LogP contribution in [0.4, 0.5) is 0 Å². The number of carbonyl (C=O) groups is 2. The summed E-state index contributed by atoms with van der Waals surface area (Å²) in [5.74, 6) is 0.113. The third-order valence-electron chi connectivity index (χ3n) is 3.08. The van der Waals surface area contributed by atoms with E-state index in [0.29, 0.717) is 28.9 Å². The summed E-state index contributed by atoms with van der Waals surface area (Å²) in [6.45, 7) is 1.93. The van der Waals surface area contributed by atoms with Gasteiger partial charge in [0.2, 0.25) is 0 Å². The number of hydrogen-bond acceptors (Lipinski definition) is 3. The maximum absolute atomic E-state index is 11.7. The molecule has 0 fully saturated rings. The molecule has 0 unspecified atom stereocenters. The predicted octanol–water partition coefficient (Wildman–Crippen LogP) is 3.51. The first-order chi connectivity index (χ1) is 8.69. The van der Waals surface area contributed by atoms with E-state index in [1.54, 1.807) is 0 Å². The fraction of sp³-hybridized carbons (Fsp3) is 0.200. The van der Waals surface area contributed by atoms with Crippen LogP contribution < -0.4 is 0 Å². The minimum absolute atomic E-state index is 0.113. The average molecular weight is 258 g/mol. The Balaban J connectivity index is 2.59. The van der Waals surface area contributed by atoms with Gasteiger partial charge in [0, 0.05) is 22.4 Å². The lowest BCUT2D eigenvalue weighted by atomic mass is 9.99. The second kappa shape index (κ2) is 5.36. The molecule has 1 aliphatic carbocycles. The van der Waals surface area contributed by atoms with Crippen LogP contribution in [0.5, 0.6) is 0 Å². The summed E-state index contributed by atoms with van der Waals surface area (Å²) < 4.78 is 0. The number of fused-ring (bicyclic) bond motifs is 1. The summed E-state index contributed by atoms with van der Waals surface area (Å²) in [6, 6.07) is 1.83. The van der Waals surface area contributed by atoms with E-state index in [9.17, 15) is 9.59 Å². The van der Waals surface area contributed by atoms with Crippen LogP contribution in [0.2, 0.25) is 0 Å².